The monoisotopic (exact) mass is 258 g/mol. The molecule has 0 bridgehead atoms. The van der Waals surface area contributed by atoms with E-state index in [1.165, 1.54) is 13.2 Å². The number of aromatic nitrogens is 2. The number of rotatable bonds is 3. The van der Waals surface area contributed by atoms with Crippen molar-refractivity contribution in [2.24, 2.45) is 7.05 Å². The lowest BCUT2D eigenvalue weighted by molar-refractivity contribution is 0.0694. The molecule has 5 heteroatoms. The molecule has 19 heavy (non-hydrogen) atoms. The highest BCUT2D eigenvalue weighted by molar-refractivity contribution is 5.95. The third kappa shape index (κ3) is 2.40. The van der Waals surface area contributed by atoms with E-state index < -0.39 is 11.5 Å². The molecule has 1 aromatic heterocycles. The lowest BCUT2D eigenvalue weighted by Gasteiger charge is -2.07. The molecule has 0 amide bonds. The van der Waals surface area contributed by atoms with Crippen LogP contribution >= 0.6 is 0 Å². The molecule has 0 radical (unpaired) electrons. The lowest BCUT2D eigenvalue weighted by Crippen LogP contribution is -2.27. The van der Waals surface area contributed by atoms with E-state index in [0.29, 0.717) is 11.1 Å². The van der Waals surface area contributed by atoms with Crippen LogP contribution in [-0.4, -0.2) is 20.9 Å². The van der Waals surface area contributed by atoms with Crippen molar-refractivity contribution in [3.8, 4) is 11.1 Å². The summed E-state index contributed by atoms with van der Waals surface area (Å²) in [5.74, 6) is -1.24. The quantitative estimate of drug-likeness (QED) is 0.909. The average Bonchev–Trinajstić information content (AvgIpc) is 2.41. The predicted molar refractivity (Wildman–Crippen MR) is 71.3 cm³/mol. The largest absolute Gasteiger partial charge is 0.477 e. The summed E-state index contributed by atoms with van der Waals surface area (Å²) in [6.45, 7) is 2.04. The number of carbonyl (C=O) groups is 1. The van der Waals surface area contributed by atoms with Crippen molar-refractivity contribution in [3.05, 3.63) is 51.9 Å². The van der Waals surface area contributed by atoms with Crippen LogP contribution in [0.15, 0.2) is 35.3 Å². The van der Waals surface area contributed by atoms with Crippen molar-refractivity contribution in [2.75, 3.05) is 0 Å². The molecule has 1 heterocycles. The number of carboxylic acids is 1. The number of nitrogens with zero attached hydrogens (tertiary/aromatic N) is 2. The highest BCUT2D eigenvalue weighted by Gasteiger charge is 2.18. The zero-order valence-electron chi connectivity index (χ0n) is 10.8. The third-order valence-electron chi connectivity index (χ3n) is 3.02. The Morgan fingerprint density at radius 2 is 1.95 bits per heavy atom. The van der Waals surface area contributed by atoms with E-state index in [2.05, 4.69) is 5.10 Å². The first-order valence-corrected chi connectivity index (χ1v) is 5.93. The summed E-state index contributed by atoms with van der Waals surface area (Å²) in [6, 6.07) is 7.44. The van der Waals surface area contributed by atoms with Gasteiger partial charge < -0.3 is 5.11 Å². The van der Waals surface area contributed by atoms with E-state index in [1.54, 1.807) is 0 Å². The normalized spacial score (nSPS) is 10.4. The molecule has 0 aliphatic heterocycles. The number of hydrogen-bond donors (Lipinski definition) is 1. The smallest absolute Gasteiger partial charge is 0.342 e. The van der Waals surface area contributed by atoms with Gasteiger partial charge in [0.1, 0.15) is 5.56 Å². The topological polar surface area (TPSA) is 72.2 Å². The van der Waals surface area contributed by atoms with Gasteiger partial charge in [-0.1, -0.05) is 31.2 Å². The third-order valence-corrected chi connectivity index (χ3v) is 3.02. The van der Waals surface area contributed by atoms with Crippen molar-refractivity contribution < 1.29 is 9.90 Å². The summed E-state index contributed by atoms with van der Waals surface area (Å²) < 4.78 is 1.02. The molecule has 0 saturated carbocycles. The number of benzene rings is 1. The fourth-order valence-corrected chi connectivity index (χ4v) is 1.88. The van der Waals surface area contributed by atoms with Crippen LogP contribution in [0.4, 0.5) is 0 Å². The second-order valence-electron chi connectivity index (χ2n) is 4.22. The number of carboxylic acid groups (broad SMARTS) is 1. The highest BCUT2D eigenvalue weighted by Crippen LogP contribution is 2.21. The molecule has 5 nitrogen and oxygen atoms in total. The zero-order chi connectivity index (χ0) is 14.0. The molecule has 0 aliphatic rings. The van der Waals surface area contributed by atoms with Crippen molar-refractivity contribution in [2.45, 2.75) is 13.3 Å². The van der Waals surface area contributed by atoms with Gasteiger partial charge >= 0.3 is 5.97 Å². The maximum Gasteiger partial charge on any atom is 0.342 e. The summed E-state index contributed by atoms with van der Waals surface area (Å²) in [5.41, 5.74) is 1.32. The molecule has 2 rings (SSSR count). The standard InChI is InChI=1S/C14H14N2O3/c1-3-9-4-6-10(7-5-9)11-8-15-16(2)13(17)12(11)14(18)19/h4-8H,3H2,1-2H3,(H,18,19). The van der Waals surface area contributed by atoms with Gasteiger partial charge in [-0.3, -0.25) is 4.79 Å². The van der Waals surface area contributed by atoms with Crippen molar-refractivity contribution >= 4 is 5.97 Å². The van der Waals surface area contributed by atoms with Crippen molar-refractivity contribution in [1.29, 1.82) is 0 Å². The van der Waals surface area contributed by atoms with Crippen LogP contribution in [0.3, 0.4) is 0 Å². The maximum atomic E-state index is 11.8. The van der Waals surface area contributed by atoms with Gasteiger partial charge in [-0.25, -0.2) is 9.48 Å². The summed E-state index contributed by atoms with van der Waals surface area (Å²) in [7, 11) is 1.43. The molecular formula is C14H14N2O3. The van der Waals surface area contributed by atoms with E-state index in [4.69, 9.17) is 0 Å². The molecule has 98 valence electrons. The van der Waals surface area contributed by atoms with Crippen LogP contribution in [0.5, 0.6) is 0 Å². The first-order chi connectivity index (χ1) is 9.04. The van der Waals surface area contributed by atoms with Crippen molar-refractivity contribution in [3.63, 3.8) is 0 Å². The molecule has 0 atom stereocenters. The molecule has 0 aliphatic carbocycles. The Kier molecular flexibility index (Phi) is 3.46. The Morgan fingerprint density at radius 3 is 2.47 bits per heavy atom. The lowest BCUT2D eigenvalue weighted by atomic mass is 10.0. The van der Waals surface area contributed by atoms with Crippen LogP contribution in [0.2, 0.25) is 0 Å². The zero-order valence-corrected chi connectivity index (χ0v) is 10.8. The predicted octanol–water partition coefficient (Wildman–Crippen LogP) is 1.71. The molecule has 2 aromatic rings. The Morgan fingerprint density at radius 1 is 1.32 bits per heavy atom. The van der Waals surface area contributed by atoms with Gasteiger partial charge in [0.25, 0.3) is 5.56 Å². The molecule has 1 aromatic carbocycles. The van der Waals surface area contributed by atoms with E-state index in [1.807, 2.05) is 31.2 Å². The van der Waals surface area contributed by atoms with Crippen LogP contribution in [0.25, 0.3) is 11.1 Å². The number of aryl methyl sites for hydroxylation is 2. The second kappa shape index (κ2) is 5.06. The first-order valence-electron chi connectivity index (χ1n) is 5.93. The Balaban J connectivity index is 2.64. The second-order valence-corrected chi connectivity index (χ2v) is 4.22. The number of hydrogen-bond acceptors (Lipinski definition) is 3. The Hall–Kier alpha value is -2.43. The van der Waals surface area contributed by atoms with Gasteiger partial charge in [0.2, 0.25) is 0 Å². The maximum absolute atomic E-state index is 11.8. The minimum Gasteiger partial charge on any atom is -0.477 e. The van der Waals surface area contributed by atoms with E-state index in [0.717, 1.165) is 16.7 Å². The van der Waals surface area contributed by atoms with E-state index >= 15 is 0 Å². The molecule has 0 saturated heterocycles. The average molecular weight is 258 g/mol. The van der Waals surface area contributed by atoms with Gasteiger partial charge in [0, 0.05) is 12.6 Å². The SMILES string of the molecule is CCc1ccc(-c2cnn(C)c(=O)c2C(=O)O)cc1. The molecule has 0 unspecified atom stereocenters. The van der Waals surface area contributed by atoms with Crippen molar-refractivity contribution in [1.82, 2.24) is 9.78 Å². The van der Waals surface area contributed by atoms with Crippen LogP contribution in [0.1, 0.15) is 22.8 Å². The van der Waals surface area contributed by atoms with Gasteiger partial charge in [-0.2, -0.15) is 5.10 Å². The molecule has 0 fully saturated rings. The summed E-state index contributed by atoms with van der Waals surface area (Å²) in [4.78, 5) is 23.1. The first kappa shape index (κ1) is 13.0. The van der Waals surface area contributed by atoms with Gasteiger partial charge in [0.15, 0.2) is 0 Å². The minimum atomic E-state index is -1.24. The van der Waals surface area contributed by atoms with Gasteiger partial charge in [0.05, 0.1) is 6.20 Å². The van der Waals surface area contributed by atoms with Crippen LogP contribution < -0.4 is 5.56 Å². The van der Waals surface area contributed by atoms with Gasteiger partial charge in [-0.05, 0) is 17.5 Å². The van der Waals surface area contributed by atoms with Gasteiger partial charge in [-0.15, -0.1) is 0 Å². The minimum absolute atomic E-state index is 0.248. The fraction of sp³-hybridized carbons (Fsp3) is 0.214. The van der Waals surface area contributed by atoms with E-state index in [-0.39, 0.29) is 5.56 Å². The Labute approximate surface area is 110 Å². The Bertz CT molecular complexity index is 672. The van der Waals surface area contributed by atoms with Crippen LogP contribution in [0, 0.1) is 0 Å². The number of aromatic carboxylic acids is 1. The molecule has 1 N–H and O–H groups in total. The highest BCUT2D eigenvalue weighted by atomic mass is 16.4. The summed E-state index contributed by atoms with van der Waals surface area (Å²) in [6.07, 6.45) is 2.31. The summed E-state index contributed by atoms with van der Waals surface area (Å²) in [5, 5.41) is 13.1. The molecule has 0 spiro atoms. The fourth-order valence-electron chi connectivity index (χ4n) is 1.88. The van der Waals surface area contributed by atoms with E-state index in [9.17, 15) is 14.7 Å². The molecular weight excluding hydrogens is 244 g/mol. The van der Waals surface area contributed by atoms with Crippen LogP contribution in [-0.2, 0) is 13.5 Å². The summed E-state index contributed by atoms with van der Waals surface area (Å²) >= 11 is 0.